The molecule has 0 bridgehead atoms. The Morgan fingerprint density at radius 3 is 2.42 bits per heavy atom. The molecule has 4 N–H and O–H groups in total. The van der Waals surface area contributed by atoms with E-state index in [1.165, 1.54) is 23.5 Å². The van der Waals surface area contributed by atoms with Gasteiger partial charge in [0, 0.05) is 23.5 Å². The first-order chi connectivity index (χ1) is 18.9. The molecule has 214 valence electrons. The Morgan fingerprint density at radius 2 is 1.80 bits per heavy atom. The zero-order valence-corrected chi connectivity index (χ0v) is 24.0. The first kappa shape index (κ1) is 30.5. The van der Waals surface area contributed by atoms with Gasteiger partial charge in [0.25, 0.3) is 5.91 Å². The number of urea groups is 1. The van der Waals surface area contributed by atoms with Crippen molar-refractivity contribution in [3.05, 3.63) is 76.0 Å². The van der Waals surface area contributed by atoms with Crippen LogP contribution in [0.25, 0.3) is 0 Å². The summed E-state index contributed by atoms with van der Waals surface area (Å²) in [6, 6.07) is 8.56. The van der Waals surface area contributed by atoms with Crippen molar-refractivity contribution < 1.29 is 23.5 Å². The molecule has 0 saturated heterocycles. The van der Waals surface area contributed by atoms with Crippen LogP contribution < -0.4 is 21.3 Å². The number of pyridine rings is 1. The highest BCUT2D eigenvalue weighted by Gasteiger charge is 2.20. The lowest BCUT2D eigenvalue weighted by molar-refractivity contribution is 0.0635. The molecule has 1 unspecified atom stereocenters. The van der Waals surface area contributed by atoms with E-state index in [1.54, 1.807) is 62.0 Å². The summed E-state index contributed by atoms with van der Waals surface area (Å²) in [5.74, 6) is -0.823. The lowest BCUT2D eigenvalue weighted by atomic mass is 10.1. The minimum atomic E-state index is -0.656. The maximum atomic E-state index is 13.4. The maximum absolute atomic E-state index is 13.4. The van der Waals surface area contributed by atoms with Crippen LogP contribution in [-0.4, -0.2) is 54.2 Å². The van der Waals surface area contributed by atoms with Crippen molar-refractivity contribution in [3.63, 3.8) is 0 Å². The molecule has 0 aliphatic rings. The number of halogens is 1. The first-order valence-corrected chi connectivity index (χ1v) is 13.6. The molecule has 0 aliphatic carbocycles. The number of thiophene rings is 1. The van der Waals surface area contributed by atoms with E-state index >= 15 is 0 Å². The zero-order valence-electron chi connectivity index (χ0n) is 23.2. The van der Waals surface area contributed by atoms with Gasteiger partial charge in [-0.25, -0.2) is 14.0 Å². The Hall–Kier alpha value is -4.03. The first-order valence-electron chi connectivity index (χ1n) is 12.7. The van der Waals surface area contributed by atoms with Crippen LogP contribution in [-0.2, 0) is 11.3 Å². The second-order valence-corrected chi connectivity index (χ2v) is 11.1. The third kappa shape index (κ3) is 9.93. The molecule has 1 atom stereocenters. The zero-order chi connectivity index (χ0) is 29.3. The van der Waals surface area contributed by atoms with Crippen molar-refractivity contribution in [3.8, 4) is 0 Å². The number of amides is 4. The fourth-order valence-corrected chi connectivity index (χ4v) is 4.30. The molecule has 0 radical (unpaired) electrons. The van der Waals surface area contributed by atoms with Crippen molar-refractivity contribution >= 4 is 40.7 Å². The van der Waals surface area contributed by atoms with Crippen LogP contribution in [0.3, 0.4) is 0 Å². The minimum absolute atomic E-state index is 0.167. The van der Waals surface area contributed by atoms with Crippen molar-refractivity contribution in [1.29, 1.82) is 0 Å². The summed E-state index contributed by atoms with van der Waals surface area (Å²) in [5, 5.41) is 14.5. The standard InChI is InChI=1S/C28H35FN6O4S/c1-28(2,3)39-27(38)34-24-17-40-16-23(24)32-25(36)22-10-9-19(15-30-22)21(11-12-35(4)5)33-26(37)31-14-18-7-6-8-20(29)13-18/h6-10,13,15-17,21H,11-12,14H2,1-5H3,(H,32,36)(H,34,38)(H2,31,33,37). The summed E-state index contributed by atoms with van der Waals surface area (Å²) >= 11 is 1.31. The Balaban J connectivity index is 1.63. The van der Waals surface area contributed by atoms with Gasteiger partial charge in [0.2, 0.25) is 0 Å². The predicted molar refractivity (Wildman–Crippen MR) is 154 cm³/mol. The number of ether oxygens (including phenoxy) is 1. The second kappa shape index (κ2) is 13.9. The number of carbonyl (C=O) groups excluding carboxylic acids is 3. The Kier molecular flexibility index (Phi) is 10.6. The average molecular weight is 571 g/mol. The average Bonchev–Trinajstić information content (AvgIpc) is 3.30. The van der Waals surface area contributed by atoms with Crippen molar-refractivity contribution in [1.82, 2.24) is 20.5 Å². The van der Waals surface area contributed by atoms with Gasteiger partial charge < -0.3 is 25.6 Å². The highest BCUT2D eigenvalue weighted by atomic mass is 32.1. The molecule has 12 heteroatoms. The van der Waals surface area contributed by atoms with Crippen LogP contribution in [0, 0.1) is 5.82 Å². The number of nitrogens with one attached hydrogen (secondary N) is 4. The molecule has 3 rings (SSSR count). The van der Waals surface area contributed by atoms with Gasteiger partial charge >= 0.3 is 12.1 Å². The predicted octanol–water partition coefficient (Wildman–Crippen LogP) is 5.37. The molecule has 0 fully saturated rings. The van der Waals surface area contributed by atoms with E-state index in [0.717, 1.165) is 5.56 Å². The molecule has 1 aromatic carbocycles. The van der Waals surface area contributed by atoms with Gasteiger partial charge in [-0.3, -0.25) is 15.1 Å². The molecule has 0 saturated carbocycles. The molecule has 0 spiro atoms. The van der Waals surface area contributed by atoms with Crippen LogP contribution in [0.1, 0.15) is 54.8 Å². The summed E-state index contributed by atoms with van der Waals surface area (Å²) in [7, 11) is 3.87. The van der Waals surface area contributed by atoms with Crippen molar-refractivity contribution in [2.24, 2.45) is 0 Å². The van der Waals surface area contributed by atoms with Crippen LogP contribution in [0.2, 0.25) is 0 Å². The van der Waals surface area contributed by atoms with Gasteiger partial charge in [0.05, 0.1) is 17.4 Å². The van der Waals surface area contributed by atoms with Crippen molar-refractivity contribution in [2.75, 3.05) is 31.3 Å². The Bertz CT molecular complexity index is 1310. The third-order valence-corrected chi connectivity index (χ3v) is 6.22. The molecule has 4 amide bonds. The van der Waals surface area contributed by atoms with Crippen molar-refractivity contribution in [2.45, 2.75) is 45.4 Å². The number of anilines is 2. The maximum Gasteiger partial charge on any atom is 0.412 e. The fourth-order valence-electron chi connectivity index (χ4n) is 3.58. The molecule has 2 heterocycles. The molecule has 3 aromatic rings. The van der Waals surface area contributed by atoms with Gasteiger partial charge in [-0.15, -0.1) is 11.3 Å². The largest absolute Gasteiger partial charge is 0.444 e. The van der Waals surface area contributed by atoms with E-state index in [9.17, 15) is 18.8 Å². The van der Waals surface area contributed by atoms with E-state index < -0.39 is 23.6 Å². The summed E-state index contributed by atoms with van der Waals surface area (Å²) in [4.78, 5) is 43.9. The quantitative estimate of drug-likeness (QED) is 0.260. The topological polar surface area (TPSA) is 125 Å². The van der Waals surface area contributed by atoms with Crippen LogP contribution in [0.15, 0.2) is 53.4 Å². The summed E-state index contributed by atoms with van der Waals surface area (Å²) in [5.41, 5.74) is 1.72. The minimum Gasteiger partial charge on any atom is -0.444 e. The molecule has 2 aromatic heterocycles. The third-order valence-electron chi connectivity index (χ3n) is 5.48. The van der Waals surface area contributed by atoms with Gasteiger partial charge in [-0.05, 0) is 77.2 Å². The Morgan fingerprint density at radius 1 is 1.07 bits per heavy atom. The fraction of sp³-hybridized carbons (Fsp3) is 0.357. The molecule has 10 nitrogen and oxygen atoms in total. The highest BCUT2D eigenvalue weighted by molar-refractivity contribution is 7.09. The number of nitrogens with zero attached hydrogens (tertiary/aromatic N) is 2. The molecular weight excluding hydrogens is 535 g/mol. The normalized spacial score (nSPS) is 12.0. The van der Waals surface area contributed by atoms with Crippen LogP contribution in [0.4, 0.5) is 25.4 Å². The number of benzene rings is 1. The number of hydrogen-bond acceptors (Lipinski definition) is 7. The smallest absolute Gasteiger partial charge is 0.412 e. The van der Waals surface area contributed by atoms with Gasteiger partial charge in [-0.1, -0.05) is 18.2 Å². The van der Waals surface area contributed by atoms with Gasteiger partial charge in [-0.2, -0.15) is 0 Å². The number of hydrogen-bond donors (Lipinski definition) is 4. The van der Waals surface area contributed by atoms with E-state index in [-0.39, 0.29) is 24.1 Å². The molecular formula is C28H35FN6O4S. The van der Waals surface area contributed by atoms with E-state index in [1.807, 2.05) is 19.0 Å². The van der Waals surface area contributed by atoms with Crippen LogP contribution in [0.5, 0.6) is 0 Å². The SMILES string of the molecule is CN(C)CCC(NC(=O)NCc1cccc(F)c1)c1ccc(C(=O)Nc2cscc2NC(=O)OC(C)(C)C)nc1. The second-order valence-electron chi connectivity index (χ2n) is 10.4. The number of aromatic nitrogens is 1. The lowest BCUT2D eigenvalue weighted by Gasteiger charge is -2.21. The molecule has 40 heavy (non-hydrogen) atoms. The van der Waals surface area contributed by atoms with E-state index in [4.69, 9.17) is 4.74 Å². The summed E-state index contributed by atoms with van der Waals surface area (Å²) in [6.45, 7) is 6.16. The monoisotopic (exact) mass is 570 g/mol. The van der Waals surface area contributed by atoms with Gasteiger partial charge in [0.15, 0.2) is 0 Å². The number of rotatable bonds is 10. The van der Waals surface area contributed by atoms with E-state index in [0.29, 0.717) is 29.9 Å². The van der Waals surface area contributed by atoms with Gasteiger partial charge in [0.1, 0.15) is 17.1 Å². The summed E-state index contributed by atoms with van der Waals surface area (Å²) in [6.07, 6.45) is 1.53. The molecule has 0 aliphatic heterocycles. The van der Waals surface area contributed by atoms with E-state index in [2.05, 4.69) is 26.3 Å². The lowest BCUT2D eigenvalue weighted by Crippen LogP contribution is -2.38. The Labute approximate surface area is 237 Å². The van der Waals surface area contributed by atoms with Crippen LogP contribution >= 0.6 is 11.3 Å². The highest BCUT2D eigenvalue weighted by Crippen LogP contribution is 2.28. The number of carbonyl (C=O) groups is 3. The summed E-state index contributed by atoms with van der Waals surface area (Å²) < 4.78 is 18.7.